The van der Waals surface area contributed by atoms with E-state index in [0.717, 1.165) is 18.7 Å². The maximum Gasteiger partial charge on any atom is 0.240 e. The molecule has 1 aromatic carbocycles. The van der Waals surface area contributed by atoms with Crippen molar-refractivity contribution in [3.63, 3.8) is 0 Å². The van der Waals surface area contributed by atoms with E-state index >= 15 is 0 Å². The largest absolute Gasteiger partial charge is 0.296 e. The molecule has 1 heterocycles. The summed E-state index contributed by atoms with van der Waals surface area (Å²) in [5.41, 5.74) is 1.44. The lowest BCUT2D eigenvalue weighted by Crippen LogP contribution is -2.37. The van der Waals surface area contributed by atoms with Crippen molar-refractivity contribution in [2.24, 2.45) is 0 Å². The molecule has 0 bridgehead atoms. The molecule has 0 amide bonds. The molecule has 2 aromatic rings. The highest BCUT2D eigenvalue weighted by atomic mass is 32.2. The second kappa shape index (κ2) is 8.40. The number of rotatable bonds is 8. The standard InChI is InChI=1S/C17H21N3O2S2/c1-3-20(4-2)17(15-8-9-23-13-15)12-19-24(21,22)16-7-5-6-14(10-16)11-18/h5-10,13,17,19H,3-4,12H2,1-2H3/t17-/m0/s1. The van der Waals surface area contributed by atoms with Crippen LogP contribution >= 0.6 is 11.3 Å². The molecule has 7 heteroatoms. The summed E-state index contributed by atoms with van der Waals surface area (Å²) in [5, 5.41) is 13.0. The van der Waals surface area contributed by atoms with Crippen LogP contribution in [0, 0.1) is 11.3 Å². The fourth-order valence-corrected chi connectivity index (χ4v) is 4.38. The number of sulfonamides is 1. The second-order valence-electron chi connectivity index (χ2n) is 5.29. The van der Waals surface area contributed by atoms with E-state index in [4.69, 9.17) is 5.26 Å². The van der Waals surface area contributed by atoms with E-state index in [2.05, 4.69) is 23.5 Å². The van der Waals surface area contributed by atoms with Gasteiger partial charge in [-0.15, -0.1) is 0 Å². The first-order chi connectivity index (χ1) is 11.5. The highest BCUT2D eigenvalue weighted by molar-refractivity contribution is 7.89. The average Bonchev–Trinajstić information content (AvgIpc) is 3.13. The predicted molar refractivity (Wildman–Crippen MR) is 96.3 cm³/mol. The topological polar surface area (TPSA) is 73.2 Å². The summed E-state index contributed by atoms with van der Waals surface area (Å²) < 4.78 is 27.8. The average molecular weight is 364 g/mol. The Morgan fingerprint density at radius 2 is 2.04 bits per heavy atom. The zero-order valence-electron chi connectivity index (χ0n) is 13.8. The molecule has 128 valence electrons. The fraction of sp³-hybridized carbons (Fsp3) is 0.353. The molecule has 0 saturated carbocycles. The van der Waals surface area contributed by atoms with Gasteiger partial charge >= 0.3 is 0 Å². The van der Waals surface area contributed by atoms with Crippen LogP contribution in [0.4, 0.5) is 0 Å². The normalized spacial score (nSPS) is 12.9. The molecular weight excluding hydrogens is 342 g/mol. The molecule has 0 unspecified atom stereocenters. The summed E-state index contributed by atoms with van der Waals surface area (Å²) >= 11 is 1.60. The van der Waals surface area contributed by atoms with Crippen LogP contribution in [0.15, 0.2) is 46.0 Å². The van der Waals surface area contributed by atoms with Crippen molar-refractivity contribution >= 4 is 21.4 Å². The number of nitrogens with one attached hydrogen (secondary N) is 1. The molecule has 5 nitrogen and oxygen atoms in total. The molecule has 1 aromatic heterocycles. The maximum atomic E-state index is 12.5. The predicted octanol–water partition coefficient (Wildman–Crippen LogP) is 2.98. The van der Waals surface area contributed by atoms with Gasteiger partial charge in [-0.05, 0) is 53.7 Å². The lowest BCUT2D eigenvalue weighted by molar-refractivity contribution is 0.220. The van der Waals surface area contributed by atoms with Crippen molar-refractivity contribution in [2.45, 2.75) is 24.8 Å². The lowest BCUT2D eigenvalue weighted by atomic mass is 10.1. The van der Waals surface area contributed by atoms with E-state index in [0.29, 0.717) is 5.56 Å². The molecule has 0 aliphatic carbocycles. The first kappa shape index (κ1) is 18.6. The van der Waals surface area contributed by atoms with E-state index in [1.807, 2.05) is 22.9 Å². The van der Waals surface area contributed by atoms with Crippen molar-refractivity contribution in [2.75, 3.05) is 19.6 Å². The third kappa shape index (κ3) is 4.42. The third-order valence-electron chi connectivity index (χ3n) is 3.92. The van der Waals surface area contributed by atoms with Gasteiger partial charge in [0.15, 0.2) is 0 Å². The van der Waals surface area contributed by atoms with Gasteiger partial charge in [-0.3, -0.25) is 4.90 Å². The highest BCUT2D eigenvalue weighted by Gasteiger charge is 2.22. The molecule has 0 aliphatic rings. The Bertz CT molecular complexity index is 791. The molecule has 0 spiro atoms. The van der Waals surface area contributed by atoms with Crippen LogP contribution in [0.3, 0.4) is 0 Å². The van der Waals surface area contributed by atoms with Crippen molar-refractivity contribution in [3.8, 4) is 6.07 Å². The highest BCUT2D eigenvalue weighted by Crippen LogP contribution is 2.23. The lowest BCUT2D eigenvalue weighted by Gasteiger charge is -2.29. The van der Waals surface area contributed by atoms with Crippen molar-refractivity contribution in [3.05, 3.63) is 52.2 Å². The van der Waals surface area contributed by atoms with Gasteiger partial charge < -0.3 is 0 Å². The first-order valence-electron chi connectivity index (χ1n) is 7.77. The number of nitriles is 1. The maximum absolute atomic E-state index is 12.5. The Kier molecular flexibility index (Phi) is 6.52. The molecule has 24 heavy (non-hydrogen) atoms. The van der Waals surface area contributed by atoms with Crippen LogP contribution in [0.5, 0.6) is 0 Å². The van der Waals surface area contributed by atoms with E-state index < -0.39 is 10.0 Å². The number of benzene rings is 1. The smallest absolute Gasteiger partial charge is 0.240 e. The quantitative estimate of drug-likeness (QED) is 0.782. The van der Waals surface area contributed by atoms with Gasteiger partial charge in [-0.25, -0.2) is 13.1 Å². The zero-order valence-corrected chi connectivity index (χ0v) is 15.4. The Labute approximate surface area is 147 Å². The first-order valence-corrected chi connectivity index (χ1v) is 10.2. The van der Waals surface area contributed by atoms with Crippen LogP contribution in [0.25, 0.3) is 0 Å². The van der Waals surface area contributed by atoms with E-state index in [1.54, 1.807) is 23.5 Å². The number of likely N-dealkylation sites (N-methyl/N-ethyl adjacent to an activating group) is 1. The Morgan fingerprint density at radius 3 is 2.62 bits per heavy atom. The number of hydrogen-bond donors (Lipinski definition) is 1. The minimum absolute atomic E-state index is 0.0137. The summed E-state index contributed by atoms with van der Waals surface area (Å²) in [6, 6.07) is 10.0. The Balaban J connectivity index is 2.20. The summed E-state index contributed by atoms with van der Waals surface area (Å²) in [6.45, 7) is 6.09. The molecule has 0 fully saturated rings. The molecule has 2 rings (SSSR count). The monoisotopic (exact) mass is 363 g/mol. The molecule has 0 radical (unpaired) electrons. The van der Waals surface area contributed by atoms with Crippen LogP contribution in [0.2, 0.25) is 0 Å². The van der Waals surface area contributed by atoms with Crippen LogP contribution in [-0.4, -0.2) is 33.0 Å². The van der Waals surface area contributed by atoms with Gasteiger partial charge in [0.2, 0.25) is 10.0 Å². The number of thiophene rings is 1. The van der Waals surface area contributed by atoms with Crippen LogP contribution in [0.1, 0.15) is 31.0 Å². The number of nitrogens with zero attached hydrogens (tertiary/aromatic N) is 2. The summed E-state index contributed by atoms with van der Waals surface area (Å²) in [7, 11) is -3.65. The van der Waals surface area contributed by atoms with Gasteiger partial charge in [-0.2, -0.15) is 16.6 Å². The molecule has 0 saturated heterocycles. The summed E-state index contributed by atoms with van der Waals surface area (Å²) in [6.07, 6.45) is 0. The van der Waals surface area contributed by atoms with Gasteiger partial charge in [-0.1, -0.05) is 19.9 Å². The Morgan fingerprint density at radius 1 is 1.29 bits per heavy atom. The van der Waals surface area contributed by atoms with Crippen molar-refractivity contribution in [1.29, 1.82) is 5.26 Å². The fourth-order valence-electron chi connectivity index (χ4n) is 2.59. The minimum Gasteiger partial charge on any atom is -0.296 e. The molecular formula is C17H21N3O2S2. The number of hydrogen-bond acceptors (Lipinski definition) is 5. The van der Waals surface area contributed by atoms with Crippen LogP contribution in [-0.2, 0) is 10.0 Å². The van der Waals surface area contributed by atoms with E-state index in [-0.39, 0.29) is 17.5 Å². The second-order valence-corrected chi connectivity index (χ2v) is 7.83. The summed E-state index contributed by atoms with van der Waals surface area (Å²) in [5.74, 6) is 0. The van der Waals surface area contributed by atoms with Crippen molar-refractivity contribution < 1.29 is 8.42 Å². The summed E-state index contributed by atoms with van der Waals surface area (Å²) in [4.78, 5) is 2.33. The Hall–Kier alpha value is -1.72. The van der Waals surface area contributed by atoms with Gasteiger partial charge in [0.05, 0.1) is 16.5 Å². The van der Waals surface area contributed by atoms with Crippen molar-refractivity contribution in [1.82, 2.24) is 9.62 Å². The molecule has 1 atom stereocenters. The molecule has 0 aliphatic heterocycles. The third-order valence-corrected chi connectivity index (χ3v) is 6.04. The van der Waals surface area contributed by atoms with Gasteiger partial charge in [0.1, 0.15) is 0 Å². The van der Waals surface area contributed by atoms with Gasteiger partial charge in [0.25, 0.3) is 0 Å². The van der Waals surface area contributed by atoms with Crippen LogP contribution < -0.4 is 4.72 Å². The zero-order chi connectivity index (χ0) is 17.6. The minimum atomic E-state index is -3.65. The van der Waals surface area contributed by atoms with Gasteiger partial charge in [0, 0.05) is 12.6 Å². The molecule has 1 N–H and O–H groups in total. The van der Waals surface area contributed by atoms with E-state index in [1.165, 1.54) is 12.1 Å². The SMILES string of the molecule is CCN(CC)[C@@H](CNS(=O)(=O)c1cccc(C#N)c1)c1ccsc1. The van der Waals surface area contributed by atoms with E-state index in [9.17, 15) is 8.42 Å².